The van der Waals surface area contributed by atoms with E-state index >= 15 is 0 Å². The largest absolute Gasteiger partial charge is 0.469 e. The Hall–Kier alpha value is -1.34. The maximum atomic E-state index is 12.1. The fraction of sp³-hybridized carbons (Fsp3) is 0.524. The smallest absolute Gasteiger partial charge is 0.310 e. The quantitative estimate of drug-likeness (QED) is 0.336. The van der Waals surface area contributed by atoms with Crippen molar-refractivity contribution in [2.45, 2.75) is 39.5 Å². The number of thiazole rings is 1. The maximum absolute atomic E-state index is 12.1. The molecule has 8 heteroatoms. The number of ether oxygens (including phenoxy) is 1. The minimum absolute atomic E-state index is 0.210. The van der Waals surface area contributed by atoms with E-state index in [1.165, 1.54) is 12.0 Å². The summed E-state index contributed by atoms with van der Waals surface area (Å²) in [5.74, 6) is 0.0551. The van der Waals surface area contributed by atoms with Gasteiger partial charge in [0.25, 0.3) is 0 Å². The van der Waals surface area contributed by atoms with E-state index in [0.29, 0.717) is 29.1 Å². The molecule has 29 heavy (non-hydrogen) atoms. The number of nitrogens with one attached hydrogen (secondary N) is 1. The molecule has 3 N–H and O–H groups in total. The predicted octanol–water partition coefficient (Wildman–Crippen LogP) is 5.65. The Balaban J connectivity index is 2.20. The van der Waals surface area contributed by atoms with Crippen LogP contribution < -0.4 is 11.1 Å². The summed E-state index contributed by atoms with van der Waals surface area (Å²) in [6.07, 6.45) is 3.43. The van der Waals surface area contributed by atoms with E-state index in [2.05, 4.69) is 19.2 Å². The summed E-state index contributed by atoms with van der Waals surface area (Å²) in [7, 11) is 1.42. The lowest BCUT2D eigenvalue weighted by molar-refractivity contribution is -0.145. The average molecular weight is 458 g/mol. The van der Waals surface area contributed by atoms with Gasteiger partial charge in [-0.1, -0.05) is 49.5 Å². The molecule has 0 aliphatic rings. The maximum Gasteiger partial charge on any atom is 0.310 e. The SMILES string of the molecule is COC(=O)C(CCCCN)CNc1nc(-c2ccc(Cl)c(Cl)c2)c(CC(C)C)s1. The molecule has 1 atom stereocenters. The number of benzene rings is 1. The van der Waals surface area contributed by atoms with Crippen molar-refractivity contribution in [2.24, 2.45) is 17.6 Å². The van der Waals surface area contributed by atoms with E-state index in [9.17, 15) is 4.79 Å². The van der Waals surface area contributed by atoms with E-state index in [-0.39, 0.29) is 11.9 Å². The summed E-state index contributed by atoms with van der Waals surface area (Å²) in [5, 5.41) is 5.15. The van der Waals surface area contributed by atoms with Crippen LogP contribution in [-0.2, 0) is 16.0 Å². The predicted molar refractivity (Wildman–Crippen MR) is 123 cm³/mol. The van der Waals surface area contributed by atoms with Crippen LogP contribution in [0.5, 0.6) is 0 Å². The van der Waals surface area contributed by atoms with Gasteiger partial charge in [-0.15, -0.1) is 11.3 Å². The molecule has 0 aliphatic carbocycles. The van der Waals surface area contributed by atoms with Crippen molar-refractivity contribution in [3.05, 3.63) is 33.1 Å². The summed E-state index contributed by atoms with van der Waals surface area (Å²) in [4.78, 5) is 18.1. The molecule has 0 amide bonds. The fourth-order valence-electron chi connectivity index (χ4n) is 3.02. The standard InChI is InChI=1S/C21H29Cl2N3O2S/c1-13(2)10-18-19(14-7-8-16(22)17(23)11-14)26-21(29-18)25-12-15(20(27)28-3)6-4-5-9-24/h7-8,11,13,15H,4-6,9-10,12,24H2,1-3H3,(H,25,26). The van der Waals surface area contributed by atoms with Gasteiger partial charge in [-0.05, 0) is 43.9 Å². The fourth-order valence-corrected chi connectivity index (χ4v) is 4.52. The summed E-state index contributed by atoms with van der Waals surface area (Å²) < 4.78 is 4.95. The molecule has 2 aromatic rings. The molecular formula is C21H29Cl2N3O2S. The highest BCUT2D eigenvalue weighted by molar-refractivity contribution is 7.16. The molecule has 1 aromatic carbocycles. The minimum atomic E-state index is -0.225. The molecule has 0 radical (unpaired) electrons. The van der Waals surface area contributed by atoms with Crippen LogP contribution in [0.4, 0.5) is 5.13 Å². The highest BCUT2D eigenvalue weighted by Gasteiger charge is 2.20. The summed E-state index contributed by atoms with van der Waals surface area (Å²) in [6.45, 7) is 5.46. The van der Waals surface area contributed by atoms with Gasteiger partial charge in [0.1, 0.15) is 0 Å². The third-order valence-corrected chi connectivity index (χ3v) is 6.30. The number of nitrogens with zero attached hydrogens (tertiary/aromatic N) is 1. The van der Waals surface area contributed by atoms with Crippen LogP contribution in [0.2, 0.25) is 10.0 Å². The van der Waals surface area contributed by atoms with Gasteiger partial charge in [-0.2, -0.15) is 0 Å². The van der Waals surface area contributed by atoms with Gasteiger partial charge < -0.3 is 15.8 Å². The Morgan fingerprint density at radius 2 is 2.03 bits per heavy atom. The van der Waals surface area contributed by atoms with Crippen LogP contribution in [0.1, 0.15) is 38.0 Å². The molecule has 0 saturated carbocycles. The molecule has 0 spiro atoms. The van der Waals surface area contributed by atoms with Crippen molar-refractivity contribution >= 4 is 45.6 Å². The molecule has 5 nitrogen and oxygen atoms in total. The molecule has 0 fully saturated rings. The molecular weight excluding hydrogens is 429 g/mol. The highest BCUT2D eigenvalue weighted by Crippen LogP contribution is 2.35. The van der Waals surface area contributed by atoms with Crippen LogP contribution in [0.3, 0.4) is 0 Å². The van der Waals surface area contributed by atoms with Gasteiger partial charge in [-0.3, -0.25) is 4.79 Å². The lowest BCUT2D eigenvalue weighted by Gasteiger charge is -2.14. The number of carbonyl (C=O) groups is 1. The Kier molecular flexibility index (Phi) is 9.69. The number of nitrogens with two attached hydrogens (primary N) is 1. The number of carbonyl (C=O) groups excluding carboxylic acids is 1. The molecule has 1 aromatic heterocycles. The van der Waals surface area contributed by atoms with Crippen LogP contribution in [-0.4, -0.2) is 31.2 Å². The van der Waals surface area contributed by atoms with Crippen LogP contribution in [0.25, 0.3) is 11.3 Å². The average Bonchev–Trinajstić information content (AvgIpc) is 3.08. The van der Waals surface area contributed by atoms with Gasteiger partial charge in [0, 0.05) is 17.0 Å². The topological polar surface area (TPSA) is 77.2 Å². The summed E-state index contributed by atoms with van der Waals surface area (Å²) >= 11 is 13.9. The minimum Gasteiger partial charge on any atom is -0.469 e. The Morgan fingerprint density at radius 1 is 1.28 bits per heavy atom. The van der Waals surface area contributed by atoms with E-state index in [0.717, 1.165) is 42.1 Å². The molecule has 0 aliphatic heterocycles. The second-order valence-electron chi connectivity index (χ2n) is 7.40. The van der Waals surface area contributed by atoms with Crippen LogP contribution in [0.15, 0.2) is 18.2 Å². The van der Waals surface area contributed by atoms with Gasteiger partial charge in [-0.25, -0.2) is 4.98 Å². The second-order valence-corrected chi connectivity index (χ2v) is 9.30. The third kappa shape index (κ3) is 7.14. The number of unbranched alkanes of at least 4 members (excludes halogenated alkanes) is 1. The zero-order chi connectivity index (χ0) is 21.4. The van der Waals surface area contributed by atoms with E-state index in [1.807, 2.05) is 12.1 Å². The first-order valence-electron chi connectivity index (χ1n) is 9.82. The number of esters is 1. The number of halogens is 2. The number of hydrogen-bond acceptors (Lipinski definition) is 6. The van der Waals surface area contributed by atoms with Crippen molar-refractivity contribution in [1.82, 2.24) is 4.98 Å². The summed E-state index contributed by atoms with van der Waals surface area (Å²) in [5.41, 5.74) is 7.41. The first-order valence-corrected chi connectivity index (χ1v) is 11.4. The number of rotatable bonds is 11. The van der Waals surface area contributed by atoms with Crippen molar-refractivity contribution in [1.29, 1.82) is 0 Å². The first kappa shape index (κ1) is 23.9. The molecule has 2 rings (SSSR count). The van der Waals surface area contributed by atoms with E-state index < -0.39 is 0 Å². The number of methoxy groups -OCH3 is 1. The lowest BCUT2D eigenvalue weighted by Crippen LogP contribution is -2.24. The van der Waals surface area contributed by atoms with Crippen LogP contribution in [0, 0.1) is 11.8 Å². The lowest BCUT2D eigenvalue weighted by atomic mass is 10.0. The Morgan fingerprint density at radius 3 is 2.66 bits per heavy atom. The Bertz CT molecular complexity index is 811. The normalized spacial score (nSPS) is 12.2. The van der Waals surface area contributed by atoms with Gasteiger partial charge in [0.15, 0.2) is 5.13 Å². The van der Waals surface area contributed by atoms with Gasteiger partial charge >= 0.3 is 5.97 Å². The van der Waals surface area contributed by atoms with Crippen LogP contribution >= 0.6 is 34.5 Å². The molecule has 1 unspecified atom stereocenters. The number of hydrogen-bond donors (Lipinski definition) is 2. The number of aromatic nitrogens is 1. The highest BCUT2D eigenvalue weighted by atomic mass is 35.5. The monoisotopic (exact) mass is 457 g/mol. The third-order valence-electron chi connectivity index (χ3n) is 4.52. The zero-order valence-corrected chi connectivity index (χ0v) is 19.5. The Labute approximate surface area is 186 Å². The van der Waals surface area contributed by atoms with Crippen molar-refractivity contribution in [2.75, 3.05) is 25.5 Å². The molecule has 160 valence electrons. The van der Waals surface area contributed by atoms with E-state index in [4.69, 9.17) is 38.7 Å². The molecule has 0 saturated heterocycles. The van der Waals surface area contributed by atoms with Crippen molar-refractivity contribution < 1.29 is 9.53 Å². The van der Waals surface area contributed by atoms with Crippen molar-refractivity contribution in [3.63, 3.8) is 0 Å². The van der Waals surface area contributed by atoms with Crippen molar-refractivity contribution in [3.8, 4) is 11.3 Å². The molecule has 1 heterocycles. The summed E-state index contributed by atoms with van der Waals surface area (Å²) in [6, 6.07) is 5.56. The van der Waals surface area contributed by atoms with E-state index in [1.54, 1.807) is 17.4 Å². The van der Waals surface area contributed by atoms with Gasteiger partial charge in [0.2, 0.25) is 0 Å². The second kappa shape index (κ2) is 11.7. The molecule has 0 bridgehead atoms. The zero-order valence-electron chi connectivity index (χ0n) is 17.1. The van der Waals surface area contributed by atoms with Gasteiger partial charge in [0.05, 0.1) is 28.8 Å². The number of anilines is 1. The first-order chi connectivity index (χ1) is 13.8.